The Bertz CT molecular complexity index is 436. The minimum atomic E-state index is -0.751. The first-order valence-electron chi connectivity index (χ1n) is 4.38. The Labute approximate surface area is 93.6 Å². The van der Waals surface area contributed by atoms with Crippen LogP contribution in [0.1, 0.15) is 6.92 Å². The van der Waals surface area contributed by atoms with E-state index in [2.05, 4.69) is 9.24 Å². The molecule has 0 aromatic heterocycles. The van der Waals surface area contributed by atoms with Crippen molar-refractivity contribution in [2.75, 3.05) is 0 Å². The molecule has 4 nitrogen and oxygen atoms in total. The summed E-state index contributed by atoms with van der Waals surface area (Å²) >= 11 is 0. The molecule has 0 radical (unpaired) electrons. The van der Waals surface area contributed by atoms with E-state index in [1.54, 1.807) is 23.8 Å². The smallest absolute Gasteiger partial charge is 0.130 e. The highest BCUT2D eigenvalue weighted by Crippen LogP contribution is 2.40. The average molecular weight is 234 g/mol. The molecule has 0 amide bonds. The Morgan fingerprint density at radius 3 is 1.38 bits per heavy atom. The molecule has 1 aliphatic carbocycles. The molecule has 0 N–H and O–H groups in total. The second kappa shape index (κ2) is 4.84. The maximum atomic E-state index is 10.7. The summed E-state index contributed by atoms with van der Waals surface area (Å²) in [7, 11) is 2.20. The molecule has 16 heavy (non-hydrogen) atoms. The lowest BCUT2D eigenvalue weighted by molar-refractivity contribution is 0.553. The van der Waals surface area contributed by atoms with Gasteiger partial charge < -0.3 is 0 Å². The van der Waals surface area contributed by atoms with E-state index in [4.69, 9.17) is 0 Å². The molecule has 5 heteroatoms. The Kier molecular flexibility index (Phi) is 3.72. The Hall–Kier alpha value is -1.77. The molecule has 1 rings (SSSR count). The molecule has 1 unspecified atom stereocenters. The van der Waals surface area contributed by atoms with E-state index < -0.39 is 11.6 Å². The molecular formula is C11H7O4P. The van der Waals surface area contributed by atoms with Gasteiger partial charge in [-0.25, -0.2) is 19.2 Å². The van der Waals surface area contributed by atoms with Crippen molar-refractivity contribution in [3.05, 3.63) is 22.3 Å². The van der Waals surface area contributed by atoms with Gasteiger partial charge in [0.15, 0.2) is 0 Å². The third-order valence-corrected chi connectivity index (χ3v) is 3.17. The minimum absolute atomic E-state index is 0.0184. The second-order valence-electron chi connectivity index (χ2n) is 3.26. The van der Waals surface area contributed by atoms with E-state index in [1.807, 2.05) is 0 Å². The van der Waals surface area contributed by atoms with Gasteiger partial charge in [-0.2, -0.15) is 0 Å². The first-order valence-corrected chi connectivity index (χ1v) is 5.05. The fourth-order valence-electron chi connectivity index (χ4n) is 1.61. The van der Waals surface area contributed by atoms with Gasteiger partial charge in [0.05, 0.1) is 22.3 Å². The maximum absolute atomic E-state index is 10.7. The largest absolute Gasteiger partial charge is 0.233 e. The Morgan fingerprint density at radius 1 is 0.812 bits per heavy atom. The van der Waals surface area contributed by atoms with E-state index in [9.17, 15) is 19.2 Å². The van der Waals surface area contributed by atoms with E-state index >= 15 is 0 Å². The molecule has 0 aromatic carbocycles. The monoisotopic (exact) mass is 234 g/mol. The van der Waals surface area contributed by atoms with Gasteiger partial charge in [-0.3, -0.25) is 0 Å². The summed E-state index contributed by atoms with van der Waals surface area (Å²) in [6, 6.07) is 0. The van der Waals surface area contributed by atoms with Crippen molar-refractivity contribution in [2.24, 2.45) is 5.92 Å². The van der Waals surface area contributed by atoms with Crippen LogP contribution in [0, 0.1) is 5.92 Å². The van der Waals surface area contributed by atoms with Gasteiger partial charge in [-0.15, -0.1) is 9.24 Å². The molecule has 1 saturated carbocycles. The molecule has 1 fully saturated rings. The molecular weight excluding hydrogens is 227 g/mol. The molecule has 0 aliphatic heterocycles. The van der Waals surface area contributed by atoms with Crippen LogP contribution in [0.4, 0.5) is 0 Å². The lowest BCUT2D eigenvalue weighted by Crippen LogP contribution is -2.25. The SMILES string of the molecule is CC1C(=C=O)C(=C=O)C(P)C(=C=O)C1=C=O. The lowest BCUT2D eigenvalue weighted by Gasteiger charge is -2.26. The van der Waals surface area contributed by atoms with Crippen molar-refractivity contribution in [1.82, 2.24) is 0 Å². The zero-order valence-corrected chi connectivity index (χ0v) is 9.52. The zero-order valence-electron chi connectivity index (χ0n) is 8.37. The molecule has 80 valence electrons. The van der Waals surface area contributed by atoms with E-state index in [0.29, 0.717) is 0 Å². The third kappa shape index (κ3) is 1.69. The Balaban J connectivity index is 3.61. The van der Waals surface area contributed by atoms with Gasteiger partial charge in [0.1, 0.15) is 23.8 Å². The van der Waals surface area contributed by atoms with Crippen LogP contribution in [0.15, 0.2) is 22.3 Å². The zero-order chi connectivity index (χ0) is 12.3. The van der Waals surface area contributed by atoms with Gasteiger partial charge in [0.2, 0.25) is 0 Å². The first kappa shape index (κ1) is 12.3. The van der Waals surface area contributed by atoms with Gasteiger partial charge in [0, 0.05) is 11.6 Å². The molecule has 0 aromatic rings. The maximum Gasteiger partial charge on any atom is 0.130 e. The number of rotatable bonds is 0. The predicted molar refractivity (Wildman–Crippen MR) is 59.5 cm³/mol. The minimum Gasteiger partial charge on any atom is -0.233 e. The highest BCUT2D eigenvalue weighted by atomic mass is 31.0. The molecule has 0 spiro atoms. The summed E-state index contributed by atoms with van der Waals surface area (Å²) in [4.78, 5) is 42.9. The molecule has 1 aliphatic rings. The highest BCUT2D eigenvalue weighted by molar-refractivity contribution is 7.18. The summed E-state index contributed by atoms with van der Waals surface area (Å²) in [5, 5.41) is 0. The van der Waals surface area contributed by atoms with Gasteiger partial charge in [0.25, 0.3) is 0 Å². The summed E-state index contributed by atoms with van der Waals surface area (Å²) in [6.45, 7) is 1.52. The Morgan fingerprint density at radius 2 is 1.12 bits per heavy atom. The van der Waals surface area contributed by atoms with E-state index in [0.717, 1.165) is 0 Å². The van der Waals surface area contributed by atoms with Crippen LogP contribution in [0.2, 0.25) is 0 Å². The van der Waals surface area contributed by atoms with Crippen LogP contribution in [0.5, 0.6) is 0 Å². The van der Waals surface area contributed by atoms with Crippen LogP contribution in [-0.2, 0) is 19.2 Å². The van der Waals surface area contributed by atoms with Crippen molar-refractivity contribution in [1.29, 1.82) is 0 Å². The van der Waals surface area contributed by atoms with Crippen molar-refractivity contribution in [3.8, 4) is 0 Å². The third-order valence-electron chi connectivity index (χ3n) is 2.51. The average Bonchev–Trinajstić information content (AvgIpc) is 2.30. The summed E-state index contributed by atoms with van der Waals surface area (Å²) in [5.74, 6) is 5.72. The molecule has 0 bridgehead atoms. The second-order valence-corrected chi connectivity index (χ2v) is 3.93. The van der Waals surface area contributed by atoms with Crippen molar-refractivity contribution < 1.29 is 19.2 Å². The van der Waals surface area contributed by atoms with Crippen LogP contribution in [0.3, 0.4) is 0 Å². The first-order chi connectivity index (χ1) is 7.62. The summed E-state index contributed by atoms with van der Waals surface area (Å²) < 4.78 is 0. The van der Waals surface area contributed by atoms with Crippen molar-refractivity contribution >= 4 is 33.0 Å². The molecule has 1 atom stereocenters. The van der Waals surface area contributed by atoms with Crippen LogP contribution < -0.4 is 0 Å². The number of allylic oxidation sites excluding steroid dienone is 4. The number of hydrogen-bond acceptors (Lipinski definition) is 4. The fourth-order valence-corrected chi connectivity index (χ4v) is 2.11. The van der Waals surface area contributed by atoms with Gasteiger partial charge in [-0.1, -0.05) is 6.92 Å². The lowest BCUT2D eigenvalue weighted by atomic mass is 9.77. The molecule has 0 heterocycles. The van der Waals surface area contributed by atoms with Crippen LogP contribution in [0.25, 0.3) is 0 Å². The standard InChI is InChI=1S/C11H7O4P/c1-6-7(2-12)9(4-14)11(16)10(5-15)8(6)3-13/h6,11H,16H2,1H3. The van der Waals surface area contributed by atoms with Crippen LogP contribution in [-0.4, -0.2) is 29.4 Å². The number of carbonyl (C=O) groups excluding carboxylic acids is 4. The highest BCUT2D eigenvalue weighted by Gasteiger charge is 2.36. The van der Waals surface area contributed by atoms with Crippen molar-refractivity contribution in [2.45, 2.75) is 12.6 Å². The quantitative estimate of drug-likeness (QED) is 0.434. The van der Waals surface area contributed by atoms with Gasteiger partial charge >= 0.3 is 0 Å². The van der Waals surface area contributed by atoms with Gasteiger partial charge in [-0.05, 0) is 0 Å². The number of hydrogen-bond donors (Lipinski definition) is 0. The molecule has 0 saturated heterocycles. The normalized spacial score (nSPS) is 24.4. The van der Waals surface area contributed by atoms with E-state index in [1.165, 1.54) is 6.92 Å². The summed E-state index contributed by atoms with van der Waals surface area (Å²) in [6.07, 6.45) is 0. The summed E-state index contributed by atoms with van der Waals surface area (Å²) in [5.41, 5.74) is -0.645. The van der Waals surface area contributed by atoms with Crippen LogP contribution >= 0.6 is 9.24 Å². The fraction of sp³-hybridized carbons (Fsp3) is 0.273. The predicted octanol–water partition coefficient (Wildman–Crippen LogP) is -0.0882. The van der Waals surface area contributed by atoms with Crippen molar-refractivity contribution in [3.63, 3.8) is 0 Å². The topological polar surface area (TPSA) is 68.3 Å². The van der Waals surface area contributed by atoms with E-state index in [-0.39, 0.29) is 22.3 Å².